The van der Waals surface area contributed by atoms with Crippen molar-refractivity contribution in [3.8, 4) is 5.75 Å². The number of rotatable bonds is 9. The molecule has 1 aromatic rings. The van der Waals surface area contributed by atoms with Gasteiger partial charge >= 0.3 is 0 Å². The van der Waals surface area contributed by atoms with Gasteiger partial charge in [0.1, 0.15) is 18.2 Å². The molecular formula is C14H21FN2O6S2. The molecule has 0 atom stereocenters. The highest BCUT2D eigenvalue weighted by molar-refractivity contribution is 7.90. The first-order chi connectivity index (χ1) is 11.8. The lowest BCUT2D eigenvalue weighted by Crippen LogP contribution is -2.44. The summed E-state index contributed by atoms with van der Waals surface area (Å²) in [5.41, 5.74) is 0. The average Bonchev–Trinajstić information content (AvgIpc) is 2.57. The van der Waals surface area contributed by atoms with Crippen molar-refractivity contribution in [3.05, 3.63) is 30.1 Å². The van der Waals surface area contributed by atoms with Gasteiger partial charge < -0.3 is 9.47 Å². The molecule has 0 unspecified atom stereocenters. The Labute approximate surface area is 147 Å². The Bertz CT molecular complexity index is 746. The quantitative estimate of drug-likeness (QED) is 0.620. The number of sulfonamides is 2. The number of nitrogens with zero attached hydrogens (tertiary/aromatic N) is 1. The lowest BCUT2D eigenvalue weighted by atomic mass is 10.3. The van der Waals surface area contributed by atoms with Gasteiger partial charge in [0.2, 0.25) is 20.0 Å². The topological polar surface area (TPSA) is 102 Å². The molecule has 2 rings (SSSR count). The molecule has 1 aromatic carbocycles. The third kappa shape index (κ3) is 6.86. The molecule has 1 N–H and O–H groups in total. The molecule has 0 spiro atoms. The van der Waals surface area contributed by atoms with Crippen LogP contribution in [0.1, 0.15) is 0 Å². The third-order valence-corrected chi connectivity index (χ3v) is 6.70. The summed E-state index contributed by atoms with van der Waals surface area (Å²) >= 11 is 0. The molecule has 1 heterocycles. The Balaban J connectivity index is 1.72. The number of ether oxygens (including phenoxy) is 2. The summed E-state index contributed by atoms with van der Waals surface area (Å²) < 4.78 is 74.5. The molecule has 0 aromatic heterocycles. The van der Waals surface area contributed by atoms with E-state index >= 15 is 0 Å². The van der Waals surface area contributed by atoms with Gasteiger partial charge in [-0.3, -0.25) is 0 Å². The molecule has 0 aliphatic carbocycles. The second kappa shape index (κ2) is 8.90. The molecule has 1 saturated heterocycles. The Hall–Kier alpha value is -1.27. The lowest BCUT2D eigenvalue weighted by Gasteiger charge is -2.26. The van der Waals surface area contributed by atoms with Gasteiger partial charge in [0.05, 0.1) is 24.7 Å². The summed E-state index contributed by atoms with van der Waals surface area (Å²) in [7, 11) is -7.18. The first kappa shape index (κ1) is 20.0. The zero-order valence-corrected chi connectivity index (χ0v) is 15.2. The minimum atomic E-state index is -3.67. The number of hydrogen-bond acceptors (Lipinski definition) is 6. The van der Waals surface area contributed by atoms with Gasteiger partial charge in [-0.05, 0) is 24.3 Å². The maximum Gasteiger partial charge on any atom is 0.215 e. The molecule has 0 bridgehead atoms. The minimum absolute atomic E-state index is 0.128. The van der Waals surface area contributed by atoms with Crippen LogP contribution in [0, 0.1) is 5.82 Å². The lowest BCUT2D eigenvalue weighted by molar-refractivity contribution is 0.0730. The number of nitrogens with one attached hydrogen (secondary N) is 1. The zero-order valence-electron chi connectivity index (χ0n) is 13.6. The second-order valence-corrected chi connectivity index (χ2v) is 9.36. The Morgan fingerprint density at radius 3 is 2.36 bits per heavy atom. The van der Waals surface area contributed by atoms with E-state index in [1.54, 1.807) is 0 Å². The van der Waals surface area contributed by atoms with Crippen LogP contribution in [0.25, 0.3) is 0 Å². The van der Waals surface area contributed by atoms with E-state index in [9.17, 15) is 21.2 Å². The summed E-state index contributed by atoms with van der Waals surface area (Å²) in [6.07, 6.45) is 0. The summed E-state index contributed by atoms with van der Waals surface area (Å²) in [6.45, 7) is 0.897. The van der Waals surface area contributed by atoms with E-state index in [4.69, 9.17) is 9.47 Å². The molecule has 0 amide bonds. The molecule has 25 heavy (non-hydrogen) atoms. The van der Waals surface area contributed by atoms with Crippen LogP contribution in [0.4, 0.5) is 4.39 Å². The first-order valence-corrected chi connectivity index (χ1v) is 11.0. The monoisotopic (exact) mass is 396 g/mol. The highest BCUT2D eigenvalue weighted by atomic mass is 32.2. The number of hydrogen-bond donors (Lipinski definition) is 1. The smallest absolute Gasteiger partial charge is 0.215 e. The fourth-order valence-corrected chi connectivity index (χ4v) is 4.47. The standard InChI is InChI=1S/C14H21FN2O6S2/c15-13-1-3-14(4-2-13)23-10-12-24(18,19)16-5-11-25(20,21)17-6-8-22-9-7-17/h1-4,16H,5-12H2. The van der Waals surface area contributed by atoms with Crippen molar-refractivity contribution in [2.45, 2.75) is 0 Å². The van der Waals surface area contributed by atoms with Crippen molar-refractivity contribution in [1.82, 2.24) is 9.03 Å². The van der Waals surface area contributed by atoms with Crippen LogP contribution >= 0.6 is 0 Å². The van der Waals surface area contributed by atoms with Crippen LogP contribution in [0.15, 0.2) is 24.3 Å². The van der Waals surface area contributed by atoms with E-state index in [1.807, 2.05) is 0 Å². The van der Waals surface area contributed by atoms with E-state index < -0.39 is 25.9 Å². The molecular weight excluding hydrogens is 375 g/mol. The van der Waals surface area contributed by atoms with Crippen LogP contribution in [-0.2, 0) is 24.8 Å². The molecule has 1 aliphatic rings. The summed E-state index contributed by atoms with van der Waals surface area (Å²) in [5.74, 6) is -0.706. The second-order valence-electron chi connectivity index (χ2n) is 5.34. The van der Waals surface area contributed by atoms with Gasteiger partial charge in [-0.15, -0.1) is 0 Å². The highest BCUT2D eigenvalue weighted by Crippen LogP contribution is 2.11. The number of benzene rings is 1. The molecule has 0 radical (unpaired) electrons. The van der Waals surface area contributed by atoms with Crippen molar-refractivity contribution in [2.75, 3.05) is 51.0 Å². The fraction of sp³-hybridized carbons (Fsp3) is 0.571. The van der Waals surface area contributed by atoms with Crippen molar-refractivity contribution in [3.63, 3.8) is 0 Å². The van der Waals surface area contributed by atoms with Gasteiger partial charge in [0.25, 0.3) is 0 Å². The van der Waals surface area contributed by atoms with E-state index in [0.717, 1.165) is 0 Å². The van der Waals surface area contributed by atoms with E-state index in [1.165, 1.54) is 28.6 Å². The van der Waals surface area contributed by atoms with E-state index in [-0.39, 0.29) is 37.7 Å². The van der Waals surface area contributed by atoms with Crippen LogP contribution < -0.4 is 9.46 Å². The molecule has 0 saturated carbocycles. The number of halogens is 1. The summed E-state index contributed by atoms with van der Waals surface area (Å²) in [6, 6.07) is 5.20. The minimum Gasteiger partial charge on any atom is -0.492 e. The average molecular weight is 396 g/mol. The van der Waals surface area contributed by atoms with Crippen molar-refractivity contribution >= 4 is 20.0 Å². The van der Waals surface area contributed by atoms with Crippen LogP contribution in [0.2, 0.25) is 0 Å². The van der Waals surface area contributed by atoms with Gasteiger partial charge in [-0.1, -0.05) is 0 Å². The van der Waals surface area contributed by atoms with Crippen LogP contribution in [0.5, 0.6) is 5.75 Å². The van der Waals surface area contributed by atoms with E-state index in [2.05, 4.69) is 4.72 Å². The van der Waals surface area contributed by atoms with Crippen LogP contribution in [-0.4, -0.2) is 72.1 Å². The Morgan fingerprint density at radius 1 is 1.08 bits per heavy atom. The molecule has 8 nitrogen and oxygen atoms in total. The third-order valence-electron chi connectivity index (χ3n) is 3.48. The predicted octanol–water partition coefficient (Wildman–Crippen LogP) is -0.214. The zero-order chi connectivity index (χ0) is 18.3. The van der Waals surface area contributed by atoms with Crippen molar-refractivity contribution in [2.24, 2.45) is 0 Å². The maximum absolute atomic E-state index is 12.7. The number of morpholine rings is 1. The highest BCUT2D eigenvalue weighted by Gasteiger charge is 2.24. The fourth-order valence-electron chi connectivity index (χ4n) is 2.15. The molecule has 1 fully saturated rings. The Morgan fingerprint density at radius 2 is 1.72 bits per heavy atom. The normalized spacial score (nSPS) is 16.7. The van der Waals surface area contributed by atoms with Crippen LogP contribution in [0.3, 0.4) is 0 Å². The SMILES string of the molecule is O=S(=O)(CCOc1ccc(F)cc1)NCCS(=O)(=O)N1CCOCC1. The molecule has 11 heteroatoms. The summed E-state index contributed by atoms with van der Waals surface area (Å²) in [4.78, 5) is 0. The first-order valence-electron chi connectivity index (χ1n) is 7.70. The summed E-state index contributed by atoms with van der Waals surface area (Å²) in [5, 5.41) is 0. The van der Waals surface area contributed by atoms with Gasteiger partial charge in [0.15, 0.2) is 0 Å². The largest absolute Gasteiger partial charge is 0.492 e. The van der Waals surface area contributed by atoms with Gasteiger partial charge in [-0.25, -0.2) is 25.9 Å². The predicted molar refractivity (Wildman–Crippen MR) is 89.9 cm³/mol. The van der Waals surface area contributed by atoms with Gasteiger partial charge in [-0.2, -0.15) is 4.31 Å². The molecule has 142 valence electrons. The van der Waals surface area contributed by atoms with Crippen molar-refractivity contribution in [1.29, 1.82) is 0 Å². The van der Waals surface area contributed by atoms with Gasteiger partial charge in [0, 0.05) is 19.6 Å². The maximum atomic E-state index is 12.7. The van der Waals surface area contributed by atoms with Crippen molar-refractivity contribution < 1.29 is 30.7 Å². The van der Waals surface area contributed by atoms with E-state index in [0.29, 0.717) is 19.0 Å². The molecule has 1 aliphatic heterocycles. The Kier molecular flexibility index (Phi) is 7.14.